The standard InChI is InChI=1S/C17H18N2O3/c1-12-16(13(2)20)9-8-15(19-12)10-18-17(21)22-11-14-6-4-3-5-7-14/h3-9H,10-11H2,1-2H3,(H,18,21). The van der Waals surface area contributed by atoms with E-state index in [-0.39, 0.29) is 18.9 Å². The van der Waals surface area contributed by atoms with Gasteiger partial charge in [0.05, 0.1) is 12.2 Å². The highest BCUT2D eigenvalue weighted by atomic mass is 16.5. The zero-order valence-corrected chi connectivity index (χ0v) is 12.6. The molecule has 0 spiro atoms. The summed E-state index contributed by atoms with van der Waals surface area (Å²) in [5, 5.41) is 2.64. The van der Waals surface area contributed by atoms with Gasteiger partial charge in [-0.3, -0.25) is 9.78 Å². The van der Waals surface area contributed by atoms with Crippen molar-refractivity contribution in [1.82, 2.24) is 10.3 Å². The molecule has 2 rings (SSSR count). The first-order chi connectivity index (χ1) is 10.6. The van der Waals surface area contributed by atoms with Crippen LogP contribution >= 0.6 is 0 Å². The number of carbonyl (C=O) groups excluding carboxylic acids is 2. The number of rotatable bonds is 5. The van der Waals surface area contributed by atoms with Gasteiger partial charge in [-0.2, -0.15) is 0 Å². The van der Waals surface area contributed by atoms with E-state index in [0.29, 0.717) is 17.0 Å². The Kier molecular flexibility index (Phi) is 5.25. The van der Waals surface area contributed by atoms with Crippen molar-refractivity contribution in [2.24, 2.45) is 0 Å². The molecule has 0 aliphatic heterocycles. The predicted molar refractivity (Wildman–Crippen MR) is 82.4 cm³/mol. The molecule has 0 saturated heterocycles. The number of alkyl carbamates (subject to hydrolysis) is 1. The average molecular weight is 298 g/mol. The number of nitrogens with one attached hydrogen (secondary N) is 1. The fraction of sp³-hybridized carbons (Fsp3) is 0.235. The van der Waals surface area contributed by atoms with Crippen molar-refractivity contribution in [3.8, 4) is 0 Å². The van der Waals surface area contributed by atoms with Crippen LogP contribution < -0.4 is 5.32 Å². The van der Waals surface area contributed by atoms with Crippen LogP contribution in [0.3, 0.4) is 0 Å². The molecular formula is C17H18N2O3. The summed E-state index contributed by atoms with van der Waals surface area (Å²) in [7, 11) is 0. The summed E-state index contributed by atoms with van der Waals surface area (Å²) < 4.78 is 5.11. The summed E-state index contributed by atoms with van der Waals surface area (Å²) in [5.41, 5.74) is 2.86. The maximum Gasteiger partial charge on any atom is 0.407 e. The van der Waals surface area contributed by atoms with E-state index in [0.717, 1.165) is 5.56 Å². The molecule has 0 unspecified atom stereocenters. The van der Waals surface area contributed by atoms with Gasteiger partial charge in [-0.1, -0.05) is 30.3 Å². The molecule has 0 atom stereocenters. The van der Waals surface area contributed by atoms with Crippen molar-refractivity contribution in [2.75, 3.05) is 0 Å². The Morgan fingerprint density at radius 3 is 2.50 bits per heavy atom. The van der Waals surface area contributed by atoms with Gasteiger partial charge in [0.2, 0.25) is 0 Å². The summed E-state index contributed by atoms with van der Waals surface area (Å²) >= 11 is 0. The highest BCUT2D eigenvalue weighted by Gasteiger charge is 2.07. The highest BCUT2D eigenvalue weighted by molar-refractivity contribution is 5.95. The molecular weight excluding hydrogens is 280 g/mol. The normalized spacial score (nSPS) is 10.1. The van der Waals surface area contributed by atoms with E-state index in [9.17, 15) is 9.59 Å². The maximum atomic E-state index is 11.6. The molecule has 0 aliphatic carbocycles. The molecule has 0 saturated carbocycles. The van der Waals surface area contributed by atoms with Gasteiger partial charge in [0.1, 0.15) is 6.61 Å². The van der Waals surface area contributed by atoms with Crippen LogP contribution in [0.5, 0.6) is 0 Å². The van der Waals surface area contributed by atoms with Crippen molar-refractivity contribution >= 4 is 11.9 Å². The number of hydrogen-bond donors (Lipinski definition) is 1. The number of nitrogens with zero attached hydrogens (tertiary/aromatic N) is 1. The zero-order chi connectivity index (χ0) is 15.9. The molecule has 5 nitrogen and oxygen atoms in total. The molecule has 2 aromatic rings. The molecule has 1 heterocycles. The lowest BCUT2D eigenvalue weighted by atomic mass is 10.1. The highest BCUT2D eigenvalue weighted by Crippen LogP contribution is 2.08. The van der Waals surface area contributed by atoms with Crippen molar-refractivity contribution in [3.05, 3.63) is 65.0 Å². The summed E-state index contributed by atoms with van der Waals surface area (Å²) in [6.45, 7) is 3.76. The summed E-state index contributed by atoms with van der Waals surface area (Å²) in [5.74, 6) is -0.0215. The van der Waals surface area contributed by atoms with Crippen LogP contribution in [-0.4, -0.2) is 16.9 Å². The van der Waals surface area contributed by atoms with E-state index in [4.69, 9.17) is 4.74 Å². The first-order valence-corrected chi connectivity index (χ1v) is 6.98. The molecule has 114 valence electrons. The molecule has 22 heavy (non-hydrogen) atoms. The minimum atomic E-state index is -0.501. The van der Waals surface area contributed by atoms with E-state index in [1.165, 1.54) is 6.92 Å². The van der Waals surface area contributed by atoms with Crippen LogP contribution in [0.2, 0.25) is 0 Å². The van der Waals surface area contributed by atoms with E-state index < -0.39 is 6.09 Å². The van der Waals surface area contributed by atoms with Gasteiger partial charge in [0.15, 0.2) is 5.78 Å². The first kappa shape index (κ1) is 15.7. The molecule has 1 amide bonds. The van der Waals surface area contributed by atoms with E-state index in [2.05, 4.69) is 10.3 Å². The quantitative estimate of drug-likeness (QED) is 0.862. The Bertz CT molecular complexity index is 669. The zero-order valence-electron chi connectivity index (χ0n) is 12.6. The first-order valence-electron chi connectivity index (χ1n) is 6.98. The number of Topliss-reactive ketones (excluding diaryl/α,β-unsaturated/α-hetero) is 1. The minimum Gasteiger partial charge on any atom is -0.445 e. The SMILES string of the molecule is CC(=O)c1ccc(CNC(=O)OCc2ccccc2)nc1C. The number of carbonyl (C=O) groups is 2. The minimum absolute atomic E-state index is 0.0215. The number of benzene rings is 1. The average Bonchev–Trinajstić information content (AvgIpc) is 2.51. The second-order valence-electron chi connectivity index (χ2n) is 4.91. The van der Waals surface area contributed by atoms with Gasteiger partial charge >= 0.3 is 6.09 Å². The second kappa shape index (κ2) is 7.36. The number of ketones is 1. The van der Waals surface area contributed by atoms with E-state index >= 15 is 0 Å². The molecule has 1 N–H and O–H groups in total. The third kappa shape index (κ3) is 4.41. The van der Waals surface area contributed by atoms with E-state index in [1.807, 2.05) is 30.3 Å². The smallest absolute Gasteiger partial charge is 0.407 e. The molecule has 0 bridgehead atoms. The third-order valence-electron chi connectivity index (χ3n) is 3.15. The predicted octanol–water partition coefficient (Wildman–Crippen LogP) is 3.02. The molecule has 0 radical (unpaired) electrons. The number of hydrogen-bond acceptors (Lipinski definition) is 4. The van der Waals surface area contributed by atoms with Crippen LogP contribution in [0.25, 0.3) is 0 Å². The van der Waals surface area contributed by atoms with Crippen LogP contribution in [-0.2, 0) is 17.9 Å². The number of pyridine rings is 1. The van der Waals surface area contributed by atoms with Crippen LogP contribution in [0.15, 0.2) is 42.5 Å². The number of aromatic nitrogens is 1. The van der Waals surface area contributed by atoms with Gasteiger partial charge in [0.25, 0.3) is 0 Å². The van der Waals surface area contributed by atoms with Crippen molar-refractivity contribution in [2.45, 2.75) is 27.0 Å². The van der Waals surface area contributed by atoms with Gasteiger partial charge in [-0.25, -0.2) is 4.79 Å². The van der Waals surface area contributed by atoms with E-state index in [1.54, 1.807) is 19.1 Å². The number of ether oxygens (including phenoxy) is 1. The fourth-order valence-electron chi connectivity index (χ4n) is 2.02. The van der Waals surface area contributed by atoms with Crippen LogP contribution in [0.4, 0.5) is 4.79 Å². The lowest BCUT2D eigenvalue weighted by Crippen LogP contribution is -2.24. The number of aryl methyl sites for hydroxylation is 1. The third-order valence-corrected chi connectivity index (χ3v) is 3.15. The fourth-order valence-corrected chi connectivity index (χ4v) is 2.02. The molecule has 1 aromatic heterocycles. The van der Waals surface area contributed by atoms with Crippen molar-refractivity contribution in [3.63, 3.8) is 0 Å². The second-order valence-corrected chi connectivity index (χ2v) is 4.91. The van der Waals surface area contributed by atoms with Gasteiger partial charge in [-0.15, -0.1) is 0 Å². The van der Waals surface area contributed by atoms with Gasteiger partial charge in [-0.05, 0) is 31.5 Å². The van der Waals surface area contributed by atoms with Crippen molar-refractivity contribution in [1.29, 1.82) is 0 Å². The number of amides is 1. The van der Waals surface area contributed by atoms with Gasteiger partial charge < -0.3 is 10.1 Å². The summed E-state index contributed by atoms with van der Waals surface area (Å²) in [4.78, 5) is 27.3. The largest absolute Gasteiger partial charge is 0.445 e. The lowest BCUT2D eigenvalue weighted by molar-refractivity contribution is 0.101. The van der Waals surface area contributed by atoms with Gasteiger partial charge in [0, 0.05) is 11.3 Å². The van der Waals surface area contributed by atoms with Crippen molar-refractivity contribution < 1.29 is 14.3 Å². The molecule has 0 aliphatic rings. The Hall–Kier alpha value is -2.69. The monoisotopic (exact) mass is 298 g/mol. The Labute approximate surface area is 129 Å². The Morgan fingerprint density at radius 2 is 1.86 bits per heavy atom. The maximum absolute atomic E-state index is 11.6. The molecule has 1 aromatic carbocycles. The summed E-state index contributed by atoms with van der Waals surface area (Å²) in [6.07, 6.45) is -0.501. The molecule has 0 fully saturated rings. The van der Waals surface area contributed by atoms with Crippen LogP contribution in [0.1, 0.15) is 34.2 Å². The van der Waals surface area contributed by atoms with Crippen LogP contribution in [0, 0.1) is 6.92 Å². The topological polar surface area (TPSA) is 68.3 Å². The Balaban J connectivity index is 1.83. The Morgan fingerprint density at radius 1 is 1.14 bits per heavy atom. The molecule has 5 heteroatoms. The lowest BCUT2D eigenvalue weighted by Gasteiger charge is -2.08. The summed E-state index contributed by atoms with van der Waals surface area (Å²) in [6, 6.07) is 12.9.